The maximum atomic E-state index is 12.7. The average Bonchev–Trinajstić information content (AvgIpc) is 2.41. The smallest absolute Gasteiger partial charge is 0.223 e. The Morgan fingerprint density at radius 1 is 1.32 bits per heavy atom. The van der Waals surface area contributed by atoms with Gasteiger partial charge in [0.2, 0.25) is 5.91 Å². The third-order valence-corrected chi connectivity index (χ3v) is 4.23. The van der Waals surface area contributed by atoms with Gasteiger partial charge < -0.3 is 10.0 Å². The number of hydrogen-bond acceptors (Lipinski definition) is 3. The van der Waals surface area contributed by atoms with Crippen LogP contribution in [0.4, 0.5) is 4.39 Å². The van der Waals surface area contributed by atoms with E-state index in [2.05, 4.69) is 0 Å². The lowest BCUT2D eigenvalue weighted by Gasteiger charge is -2.29. The van der Waals surface area contributed by atoms with Crippen LogP contribution in [-0.4, -0.2) is 40.9 Å². The highest BCUT2D eigenvalue weighted by Crippen LogP contribution is 2.20. The zero-order valence-electron chi connectivity index (χ0n) is 10.7. The molecule has 1 saturated heterocycles. The lowest BCUT2D eigenvalue weighted by molar-refractivity contribution is -0.132. The monoisotopic (exact) mass is 283 g/mol. The predicted molar refractivity (Wildman–Crippen MR) is 73.6 cm³/mol. The SMILES string of the molecule is O=C(CCSc1ccc(F)cc1)N1CCC(O)CC1. The van der Waals surface area contributed by atoms with Crippen molar-refractivity contribution in [3.63, 3.8) is 0 Å². The summed E-state index contributed by atoms with van der Waals surface area (Å²) in [5, 5.41) is 9.38. The number of carbonyl (C=O) groups is 1. The largest absolute Gasteiger partial charge is 0.393 e. The van der Waals surface area contributed by atoms with Crippen LogP contribution in [0, 0.1) is 5.82 Å². The molecule has 0 aliphatic carbocycles. The van der Waals surface area contributed by atoms with Gasteiger partial charge in [-0.15, -0.1) is 11.8 Å². The van der Waals surface area contributed by atoms with Gasteiger partial charge in [0.15, 0.2) is 0 Å². The van der Waals surface area contributed by atoms with E-state index in [1.165, 1.54) is 12.1 Å². The van der Waals surface area contributed by atoms with E-state index in [1.807, 2.05) is 4.90 Å². The minimum absolute atomic E-state index is 0.140. The number of carbonyl (C=O) groups excluding carboxylic acids is 1. The van der Waals surface area contributed by atoms with Gasteiger partial charge >= 0.3 is 0 Å². The van der Waals surface area contributed by atoms with E-state index < -0.39 is 0 Å². The second-order valence-electron chi connectivity index (χ2n) is 4.66. The Kier molecular flexibility index (Phi) is 5.22. The van der Waals surface area contributed by atoms with Gasteiger partial charge in [-0.25, -0.2) is 4.39 Å². The summed E-state index contributed by atoms with van der Waals surface area (Å²) < 4.78 is 12.7. The Hall–Kier alpha value is -1.07. The number of benzene rings is 1. The van der Waals surface area contributed by atoms with E-state index >= 15 is 0 Å². The molecular formula is C14H18FNO2S. The molecule has 1 heterocycles. The molecule has 1 aliphatic rings. The Morgan fingerprint density at radius 2 is 1.95 bits per heavy atom. The molecule has 1 aliphatic heterocycles. The molecule has 1 aromatic rings. The summed E-state index contributed by atoms with van der Waals surface area (Å²) in [6, 6.07) is 6.30. The van der Waals surface area contributed by atoms with Gasteiger partial charge in [0.1, 0.15) is 5.82 Å². The van der Waals surface area contributed by atoms with Crippen molar-refractivity contribution in [2.75, 3.05) is 18.8 Å². The number of likely N-dealkylation sites (tertiary alicyclic amines) is 1. The first kappa shape index (κ1) is 14.3. The van der Waals surface area contributed by atoms with E-state index in [-0.39, 0.29) is 17.8 Å². The molecule has 1 amide bonds. The van der Waals surface area contributed by atoms with Gasteiger partial charge in [-0.3, -0.25) is 4.79 Å². The first-order chi connectivity index (χ1) is 9.15. The molecule has 0 spiro atoms. The van der Waals surface area contributed by atoms with Gasteiger partial charge in [-0.05, 0) is 37.1 Å². The highest BCUT2D eigenvalue weighted by Gasteiger charge is 2.20. The Morgan fingerprint density at radius 3 is 2.58 bits per heavy atom. The number of amides is 1. The van der Waals surface area contributed by atoms with Crippen LogP contribution in [0.3, 0.4) is 0 Å². The number of hydrogen-bond donors (Lipinski definition) is 1. The fraction of sp³-hybridized carbons (Fsp3) is 0.500. The summed E-state index contributed by atoms with van der Waals surface area (Å²) >= 11 is 1.56. The second-order valence-corrected chi connectivity index (χ2v) is 5.83. The van der Waals surface area contributed by atoms with Crippen LogP contribution in [0.15, 0.2) is 29.2 Å². The van der Waals surface area contributed by atoms with E-state index in [4.69, 9.17) is 0 Å². The van der Waals surface area contributed by atoms with E-state index in [0.717, 1.165) is 4.90 Å². The van der Waals surface area contributed by atoms with E-state index in [0.29, 0.717) is 38.1 Å². The Balaban J connectivity index is 1.70. The lowest BCUT2D eigenvalue weighted by atomic mass is 10.1. The summed E-state index contributed by atoms with van der Waals surface area (Å²) in [5.74, 6) is 0.595. The minimum atomic E-state index is -0.252. The van der Waals surface area contributed by atoms with Gasteiger partial charge in [0, 0.05) is 30.2 Å². The first-order valence-corrected chi connectivity index (χ1v) is 7.48. The van der Waals surface area contributed by atoms with Crippen LogP contribution in [-0.2, 0) is 4.79 Å². The molecule has 0 atom stereocenters. The number of nitrogens with zero attached hydrogens (tertiary/aromatic N) is 1. The van der Waals surface area contributed by atoms with Crippen molar-refractivity contribution in [3.8, 4) is 0 Å². The van der Waals surface area contributed by atoms with Crippen LogP contribution in [0.5, 0.6) is 0 Å². The van der Waals surface area contributed by atoms with Gasteiger partial charge in [0.05, 0.1) is 6.10 Å². The highest BCUT2D eigenvalue weighted by molar-refractivity contribution is 7.99. The van der Waals surface area contributed by atoms with Crippen LogP contribution in [0.25, 0.3) is 0 Å². The normalized spacial score (nSPS) is 16.6. The van der Waals surface area contributed by atoms with Crippen molar-refractivity contribution in [2.24, 2.45) is 0 Å². The minimum Gasteiger partial charge on any atom is -0.393 e. The van der Waals surface area contributed by atoms with Crippen LogP contribution in [0.1, 0.15) is 19.3 Å². The predicted octanol–water partition coefficient (Wildman–Crippen LogP) is 2.29. The molecule has 1 fully saturated rings. The number of thioether (sulfide) groups is 1. The molecule has 1 N–H and O–H groups in total. The van der Waals surface area contributed by atoms with Crippen molar-refractivity contribution in [1.29, 1.82) is 0 Å². The quantitative estimate of drug-likeness (QED) is 0.862. The molecule has 0 bridgehead atoms. The second kappa shape index (κ2) is 6.91. The van der Waals surface area contributed by atoms with Crippen molar-refractivity contribution >= 4 is 17.7 Å². The Labute approximate surface area is 116 Å². The lowest BCUT2D eigenvalue weighted by Crippen LogP contribution is -2.40. The van der Waals surface area contributed by atoms with Crippen molar-refractivity contribution < 1.29 is 14.3 Å². The van der Waals surface area contributed by atoms with E-state index in [9.17, 15) is 14.3 Å². The third-order valence-electron chi connectivity index (χ3n) is 3.22. The maximum Gasteiger partial charge on any atom is 0.223 e. The molecule has 0 radical (unpaired) electrons. The zero-order chi connectivity index (χ0) is 13.7. The van der Waals surface area contributed by atoms with E-state index in [1.54, 1.807) is 23.9 Å². The third kappa shape index (κ3) is 4.51. The Bertz CT molecular complexity index is 416. The number of piperidine rings is 1. The van der Waals surface area contributed by atoms with Crippen molar-refractivity contribution in [2.45, 2.75) is 30.3 Å². The van der Waals surface area contributed by atoms with Crippen molar-refractivity contribution in [3.05, 3.63) is 30.1 Å². The molecule has 1 aromatic carbocycles. The number of halogens is 1. The fourth-order valence-corrected chi connectivity index (χ4v) is 2.90. The van der Waals surface area contributed by atoms with Gasteiger partial charge in [-0.1, -0.05) is 0 Å². The van der Waals surface area contributed by atoms with Crippen LogP contribution < -0.4 is 0 Å². The average molecular weight is 283 g/mol. The molecule has 19 heavy (non-hydrogen) atoms. The van der Waals surface area contributed by atoms with Crippen LogP contribution in [0.2, 0.25) is 0 Å². The topological polar surface area (TPSA) is 40.5 Å². The van der Waals surface area contributed by atoms with Crippen molar-refractivity contribution in [1.82, 2.24) is 4.90 Å². The summed E-state index contributed by atoms with van der Waals surface area (Å²) in [6.45, 7) is 1.31. The molecule has 0 unspecified atom stereocenters. The number of rotatable bonds is 4. The first-order valence-electron chi connectivity index (χ1n) is 6.49. The standard InChI is InChI=1S/C14H18FNO2S/c15-11-1-3-13(4-2-11)19-10-7-14(18)16-8-5-12(17)6-9-16/h1-4,12,17H,5-10H2. The molecule has 0 saturated carbocycles. The maximum absolute atomic E-state index is 12.7. The zero-order valence-corrected chi connectivity index (χ0v) is 11.5. The molecule has 3 nitrogen and oxygen atoms in total. The molecule has 2 rings (SSSR count). The van der Waals surface area contributed by atoms with Crippen LogP contribution >= 0.6 is 11.8 Å². The molecule has 5 heteroatoms. The molecular weight excluding hydrogens is 265 g/mol. The molecule has 104 valence electrons. The highest BCUT2D eigenvalue weighted by atomic mass is 32.2. The van der Waals surface area contributed by atoms with Gasteiger partial charge in [-0.2, -0.15) is 0 Å². The summed E-state index contributed by atoms with van der Waals surface area (Å²) in [7, 11) is 0. The summed E-state index contributed by atoms with van der Waals surface area (Å²) in [4.78, 5) is 14.7. The summed E-state index contributed by atoms with van der Waals surface area (Å²) in [6.07, 6.45) is 1.59. The van der Waals surface area contributed by atoms with Gasteiger partial charge in [0.25, 0.3) is 0 Å². The summed E-state index contributed by atoms with van der Waals surface area (Å²) in [5.41, 5.74) is 0. The molecule has 0 aromatic heterocycles. The fourth-order valence-electron chi connectivity index (χ4n) is 2.06. The number of aliphatic hydroxyl groups is 1. The number of aliphatic hydroxyl groups excluding tert-OH is 1.